The van der Waals surface area contributed by atoms with Gasteiger partial charge in [0.1, 0.15) is 18.3 Å². The summed E-state index contributed by atoms with van der Waals surface area (Å²) in [6.45, 7) is 2.27. The molecule has 1 saturated heterocycles. The first-order valence-electron chi connectivity index (χ1n) is 8.44. The third kappa shape index (κ3) is 3.28. The molecule has 0 radical (unpaired) electrons. The molecule has 1 fully saturated rings. The van der Waals surface area contributed by atoms with Crippen LogP contribution in [-0.4, -0.2) is 63.0 Å². The van der Waals surface area contributed by atoms with Gasteiger partial charge in [-0.25, -0.2) is 4.79 Å². The predicted octanol–water partition coefficient (Wildman–Crippen LogP) is -0.624. The van der Waals surface area contributed by atoms with Gasteiger partial charge in [-0.15, -0.1) is 11.3 Å². The summed E-state index contributed by atoms with van der Waals surface area (Å²) in [5.41, 5.74) is -2.10. The average Bonchev–Trinajstić information content (AvgIpc) is 3.23. The monoisotopic (exact) mass is 398 g/mol. The number of H-pyrrole nitrogens is 1. The highest BCUT2D eigenvalue weighted by Gasteiger charge is 2.55. The molecule has 10 heteroatoms. The average molecular weight is 398 g/mol. The van der Waals surface area contributed by atoms with E-state index in [-0.39, 0.29) is 13.2 Å². The maximum Gasteiger partial charge on any atom is 0.331 e. The van der Waals surface area contributed by atoms with E-state index in [0.717, 1.165) is 0 Å². The molecule has 1 aliphatic heterocycles. The summed E-state index contributed by atoms with van der Waals surface area (Å²) in [5, 5.41) is 31.0. The molecule has 0 saturated carbocycles. The number of hydrogen-bond donors (Lipinski definition) is 4. The molecule has 4 atom stereocenters. The van der Waals surface area contributed by atoms with Crippen LogP contribution < -0.4 is 11.2 Å². The molecule has 0 bridgehead atoms. The minimum Gasteiger partial charge on any atom is -0.394 e. The van der Waals surface area contributed by atoms with Crippen molar-refractivity contribution >= 4 is 11.3 Å². The Labute approximate surface area is 158 Å². The fraction of sp³-hybridized carbons (Fsp3) is 0.529. The number of aromatic amines is 1. The Bertz CT molecular complexity index is 907. The summed E-state index contributed by atoms with van der Waals surface area (Å²) < 4.78 is 12.7. The summed E-state index contributed by atoms with van der Waals surface area (Å²) in [5.74, 6) is 0. The lowest BCUT2D eigenvalue weighted by molar-refractivity contribution is -0.154. The molecule has 1 unspecified atom stereocenters. The third-order valence-corrected chi connectivity index (χ3v) is 5.60. The van der Waals surface area contributed by atoms with E-state index < -0.39 is 41.9 Å². The molecule has 0 spiro atoms. The fourth-order valence-electron chi connectivity index (χ4n) is 3.47. The van der Waals surface area contributed by atoms with Crippen molar-refractivity contribution in [1.29, 1.82) is 0 Å². The molecule has 4 N–H and O–H groups in total. The number of rotatable bonds is 6. The Morgan fingerprint density at radius 3 is 2.74 bits per heavy atom. The first-order valence-corrected chi connectivity index (χ1v) is 9.32. The van der Waals surface area contributed by atoms with Crippen molar-refractivity contribution < 1.29 is 24.8 Å². The van der Waals surface area contributed by atoms with E-state index in [1.807, 2.05) is 5.38 Å². The number of nitrogens with one attached hydrogen (secondary N) is 1. The smallest absolute Gasteiger partial charge is 0.331 e. The second-order valence-electron chi connectivity index (χ2n) is 6.44. The first kappa shape index (κ1) is 19.9. The van der Waals surface area contributed by atoms with Crippen molar-refractivity contribution in [3.05, 3.63) is 43.9 Å². The molecule has 27 heavy (non-hydrogen) atoms. The largest absolute Gasteiger partial charge is 0.394 e. The van der Waals surface area contributed by atoms with E-state index in [4.69, 9.17) is 14.6 Å². The molecule has 0 amide bonds. The fourth-order valence-corrected chi connectivity index (χ4v) is 4.29. The van der Waals surface area contributed by atoms with Crippen molar-refractivity contribution in [2.45, 2.75) is 37.9 Å². The molecule has 2 aromatic heterocycles. The maximum atomic E-state index is 12.8. The van der Waals surface area contributed by atoms with Crippen molar-refractivity contribution in [2.75, 3.05) is 19.8 Å². The normalized spacial score (nSPS) is 28.0. The maximum absolute atomic E-state index is 12.8. The van der Waals surface area contributed by atoms with Gasteiger partial charge in [0.05, 0.1) is 30.4 Å². The van der Waals surface area contributed by atoms with Crippen LogP contribution in [0, 0.1) is 6.92 Å². The lowest BCUT2D eigenvalue weighted by atomic mass is 10.0. The second kappa shape index (κ2) is 7.66. The van der Waals surface area contributed by atoms with Crippen molar-refractivity contribution in [1.82, 2.24) is 9.55 Å². The van der Waals surface area contributed by atoms with E-state index in [1.54, 1.807) is 26.0 Å². The lowest BCUT2D eigenvalue weighted by Crippen LogP contribution is -2.52. The van der Waals surface area contributed by atoms with E-state index in [1.165, 1.54) is 15.9 Å². The van der Waals surface area contributed by atoms with Gasteiger partial charge >= 0.3 is 5.69 Å². The highest BCUT2D eigenvalue weighted by molar-refractivity contribution is 7.13. The van der Waals surface area contributed by atoms with Gasteiger partial charge in [0.25, 0.3) is 5.56 Å². The molecule has 3 rings (SSSR count). The second-order valence-corrected chi connectivity index (χ2v) is 7.39. The Morgan fingerprint density at radius 2 is 2.15 bits per heavy atom. The minimum absolute atomic E-state index is 0.0930. The van der Waals surface area contributed by atoms with Gasteiger partial charge in [-0.05, 0) is 25.3 Å². The van der Waals surface area contributed by atoms with E-state index in [9.17, 15) is 19.8 Å². The molecule has 0 aliphatic carbocycles. The van der Waals surface area contributed by atoms with Crippen LogP contribution in [0.15, 0.2) is 27.1 Å². The number of ether oxygens (including phenoxy) is 2. The molecular weight excluding hydrogens is 376 g/mol. The SMILES string of the molecule is Cc1c(-c2cccs2)n([C@]2(C)O[C@H](CO)[C@@H](O)C2OCCO)c(=O)[nH]c1=O. The molecule has 148 valence electrons. The first-order chi connectivity index (χ1) is 12.8. The number of aliphatic hydroxyl groups is 3. The van der Waals surface area contributed by atoms with E-state index in [0.29, 0.717) is 16.1 Å². The Balaban J connectivity index is 2.26. The lowest BCUT2D eigenvalue weighted by Gasteiger charge is -2.34. The van der Waals surface area contributed by atoms with E-state index >= 15 is 0 Å². The van der Waals surface area contributed by atoms with Gasteiger partial charge in [0, 0.05) is 5.56 Å². The summed E-state index contributed by atoms with van der Waals surface area (Å²) in [6, 6.07) is 3.56. The van der Waals surface area contributed by atoms with Crippen molar-refractivity contribution in [2.24, 2.45) is 0 Å². The predicted molar refractivity (Wildman–Crippen MR) is 97.8 cm³/mol. The Hall–Kier alpha value is -1.82. The van der Waals surface area contributed by atoms with Gasteiger partial charge in [-0.1, -0.05) is 6.07 Å². The van der Waals surface area contributed by atoms with Gasteiger partial charge in [-0.2, -0.15) is 0 Å². The Morgan fingerprint density at radius 1 is 1.41 bits per heavy atom. The molecule has 9 nitrogen and oxygen atoms in total. The topological polar surface area (TPSA) is 134 Å². The van der Waals surface area contributed by atoms with Crippen LogP contribution in [0.1, 0.15) is 12.5 Å². The van der Waals surface area contributed by atoms with Crippen LogP contribution in [0.4, 0.5) is 0 Å². The van der Waals surface area contributed by atoms with Gasteiger partial charge in [-0.3, -0.25) is 14.3 Å². The zero-order chi connectivity index (χ0) is 19.8. The van der Waals surface area contributed by atoms with Gasteiger partial charge in [0.2, 0.25) is 0 Å². The van der Waals surface area contributed by atoms with Crippen molar-refractivity contribution in [3.63, 3.8) is 0 Å². The van der Waals surface area contributed by atoms with Crippen LogP contribution in [-0.2, 0) is 15.2 Å². The molecule has 2 aromatic rings. The number of aliphatic hydroxyl groups excluding tert-OH is 3. The number of thiophene rings is 1. The van der Waals surface area contributed by atoms with Gasteiger partial charge < -0.3 is 24.8 Å². The zero-order valence-electron chi connectivity index (χ0n) is 14.9. The standard InChI is InChI=1S/C17H22N2O7S/c1-9-12(11-4-3-7-27-11)19(16(24)18-15(9)23)17(2)14(25-6-5-20)13(22)10(8-21)26-17/h3-4,7,10,13-14,20-22H,5-6,8H2,1-2H3,(H,18,23,24)/t10-,13-,14?,17-/m1/s1. The van der Waals surface area contributed by atoms with Crippen LogP contribution in [0.5, 0.6) is 0 Å². The Kier molecular flexibility index (Phi) is 5.65. The molecule has 3 heterocycles. The van der Waals surface area contributed by atoms with Crippen LogP contribution in [0.2, 0.25) is 0 Å². The summed E-state index contributed by atoms with van der Waals surface area (Å²) >= 11 is 1.34. The number of aromatic nitrogens is 2. The van der Waals surface area contributed by atoms with Crippen molar-refractivity contribution in [3.8, 4) is 10.6 Å². The van der Waals surface area contributed by atoms with Gasteiger partial charge in [0.15, 0.2) is 5.72 Å². The molecular formula is C17H22N2O7S. The zero-order valence-corrected chi connectivity index (χ0v) is 15.7. The summed E-state index contributed by atoms with van der Waals surface area (Å²) in [4.78, 5) is 27.9. The van der Waals surface area contributed by atoms with Crippen LogP contribution in [0.25, 0.3) is 10.6 Å². The summed E-state index contributed by atoms with van der Waals surface area (Å²) in [7, 11) is 0. The molecule has 0 aromatic carbocycles. The number of hydrogen-bond acceptors (Lipinski definition) is 8. The highest BCUT2D eigenvalue weighted by atomic mass is 32.1. The quantitative estimate of drug-likeness (QED) is 0.509. The minimum atomic E-state index is -1.52. The summed E-state index contributed by atoms with van der Waals surface area (Å²) in [6.07, 6.45) is -3.28. The highest BCUT2D eigenvalue weighted by Crippen LogP contribution is 2.40. The number of nitrogens with zero attached hydrogens (tertiary/aromatic N) is 1. The van der Waals surface area contributed by atoms with Crippen LogP contribution in [0.3, 0.4) is 0 Å². The van der Waals surface area contributed by atoms with E-state index in [2.05, 4.69) is 4.98 Å². The molecule has 1 aliphatic rings. The third-order valence-electron chi connectivity index (χ3n) is 4.72. The van der Waals surface area contributed by atoms with Crippen LogP contribution >= 0.6 is 11.3 Å².